The zero-order valence-corrected chi connectivity index (χ0v) is 17.0. The molecule has 8 nitrogen and oxygen atoms in total. The molecule has 0 aliphatic carbocycles. The summed E-state index contributed by atoms with van der Waals surface area (Å²) < 4.78 is 10.4. The number of aromatic nitrogens is 3. The van der Waals surface area contributed by atoms with E-state index in [1.807, 2.05) is 18.3 Å². The molecule has 2 aromatic heterocycles. The normalized spacial score (nSPS) is 19.0. The lowest BCUT2D eigenvalue weighted by Gasteiger charge is -2.34. The summed E-state index contributed by atoms with van der Waals surface area (Å²) in [6.07, 6.45) is 1.87. The van der Waals surface area contributed by atoms with Crippen LogP contribution in [0.4, 0.5) is 0 Å². The Balaban J connectivity index is 1.29. The van der Waals surface area contributed by atoms with Crippen molar-refractivity contribution >= 4 is 5.97 Å². The average Bonchev–Trinajstić information content (AvgIpc) is 3.35. The first-order valence-electron chi connectivity index (χ1n) is 10.1. The summed E-state index contributed by atoms with van der Waals surface area (Å²) in [4.78, 5) is 22.9. The minimum atomic E-state index is -0.218. The van der Waals surface area contributed by atoms with Crippen LogP contribution in [0.3, 0.4) is 0 Å². The maximum Gasteiger partial charge on any atom is 0.338 e. The number of benzene rings is 1. The number of esters is 1. The monoisotopic (exact) mass is 405 g/mol. The SMILES string of the molecule is Cc1noc(-c2ccc(CN3CCN[C@H](c4ccc5c(c4C)COC5=O)C3)cn2)n1. The van der Waals surface area contributed by atoms with E-state index >= 15 is 0 Å². The second-order valence-electron chi connectivity index (χ2n) is 7.82. The molecule has 0 unspecified atom stereocenters. The fourth-order valence-corrected chi connectivity index (χ4v) is 4.21. The maximum absolute atomic E-state index is 11.8. The topological polar surface area (TPSA) is 93.4 Å². The fourth-order valence-electron chi connectivity index (χ4n) is 4.21. The Morgan fingerprint density at radius 3 is 2.90 bits per heavy atom. The number of hydrogen-bond acceptors (Lipinski definition) is 8. The molecule has 0 spiro atoms. The van der Waals surface area contributed by atoms with E-state index in [1.165, 1.54) is 5.56 Å². The van der Waals surface area contributed by atoms with Crippen molar-refractivity contribution in [1.29, 1.82) is 0 Å². The molecule has 3 aromatic rings. The van der Waals surface area contributed by atoms with E-state index < -0.39 is 0 Å². The zero-order chi connectivity index (χ0) is 20.7. The minimum Gasteiger partial charge on any atom is -0.457 e. The number of fused-ring (bicyclic) bond motifs is 1. The van der Waals surface area contributed by atoms with Gasteiger partial charge in [-0.3, -0.25) is 9.88 Å². The largest absolute Gasteiger partial charge is 0.457 e. The molecule has 1 N–H and O–H groups in total. The molecule has 4 heterocycles. The third-order valence-electron chi connectivity index (χ3n) is 5.82. The van der Waals surface area contributed by atoms with Crippen LogP contribution in [-0.2, 0) is 17.9 Å². The summed E-state index contributed by atoms with van der Waals surface area (Å²) in [5.74, 6) is 0.820. The van der Waals surface area contributed by atoms with Gasteiger partial charge in [0.05, 0.1) is 5.56 Å². The second-order valence-corrected chi connectivity index (χ2v) is 7.82. The van der Waals surface area contributed by atoms with Crippen LogP contribution >= 0.6 is 0 Å². The van der Waals surface area contributed by atoms with Gasteiger partial charge >= 0.3 is 5.97 Å². The van der Waals surface area contributed by atoms with Gasteiger partial charge in [-0.05, 0) is 42.7 Å². The molecule has 1 aromatic carbocycles. The molecule has 1 saturated heterocycles. The van der Waals surface area contributed by atoms with Gasteiger partial charge in [-0.15, -0.1) is 0 Å². The van der Waals surface area contributed by atoms with Crippen LogP contribution in [0.1, 0.15) is 44.5 Å². The van der Waals surface area contributed by atoms with Crippen LogP contribution in [0, 0.1) is 13.8 Å². The highest BCUT2D eigenvalue weighted by molar-refractivity contribution is 5.94. The van der Waals surface area contributed by atoms with E-state index in [0.29, 0.717) is 29.6 Å². The maximum atomic E-state index is 11.8. The molecule has 2 aliphatic rings. The Kier molecular flexibility index (Phi) is 4.80. The quantitative estimate of drug-likeness (QED) is 0.662. The highest BCUT2D eigenvalue weighted by Crippen LogP contribution is 2.30. The van der Waals surface area contributed by atoms with Crippen LogP contribution < -0.4 is 5.32 Å². The number of piperazine rings is 1. The van der Waals surface area contributed by atoms with Crippen molar-refractivity contribution in [2.24, 2.45) is 0 Å². The summed E-state index contributed by atoms with van der Waals surface area (Å²) in [7, 11) is 0. The van der Waals surface area contributed by atoms with Crippen molar-refractivity contribution in [3.05, 3.63) is 64.1 Å². The molecule has 2 aliphatic heterocycles. The lowest BCUT2D eigenvalue weighted by atomic mass is 9.93. The number of carbonyl (C=O) groups is 1. The number of hydrogen-bond donors (Lipinski definition) is 1. The first-order chi connectivity index (χ1) is 14.6. The number of carbonyl (C=O) groups excluding carboxylic acids is 1. The summed E-state index contributed by atoms with van der Waals surface area (Å²) in [5.41, 5.74) is 5.93. The summed E-state index contributed by atoms with van der Waals surface area (Å²) in [6.45, 7) is 7.82. The average molecular weight is 405 g/mol. The Morgan fingerprint density at radius 1 is 1.23 bits per heavy atom. The minimum absolute atomic E-state index is 0.216. The first-order valence-corrected chi connectivity index (χ1v) is 10.1. The van der Waals surface area contributed by atoms with Gasteiger partial charge in [0.2, 0.25) is 0 Å². The van der Waals surface area contributed by atoms with Crippen LogP contribution in [0.25, 0.3) is 11.6 Å². The van der Waals surface area contributed by atoms with E-state index in [4.69, 9.17) is 9.26 Å². The number of nitrogens with one attached hydrogen (secondary N) is 1. The van der Waals surface area contributed by atoms with Crippen molar-refractivity contribution in [2.45, 2.75) is 33.0 Å². The van der Waals surface area contributed by atoms with Crippen molar-refractivity contribution in [3.63, 3.8) is 0 Å². The third kappa shape index (κ3) is 3.48. The van der Waals surface area contributed by atoms with Gasteiger partial charge in [-0.1, -0.05) is 17.3 Å². The Morgan fingerprint density at radius 2 is 2.13 bits per heavy atom. The highest BCUT2D eigenvalue weighted by atomic mass is 16.5. The number of aryl methyl sites for hydroxylation is 1. The van der Waals surface area contributed by atoms with Crippen molar-refractivity contribution in [3.8, 4) is 11.6 Å². The number of pyridine rings is 1. The summed E-state index contributed by atoms with van der Waals surface area (Å²) in [6, 6.07) is 8.15. The van der Waals surface area contributed by atoms with Gasteiger partial charge in [-0.25, -0.2) is 4.79 Å². The van der Waals surface area contributed by atoms with E-state index in [9.17, 15) is 4.79 Å². The Labute approximate surface area is 174 Å². The predicted octanol–water partition coefficient (Wildman–Crippen LogP) is 2.57. The molecule has 154 valence electrons. The van der Waals surface area contributed by atoms with E-state index in [-0.39, 0.29) is 12.0 Å². The number of ether oxygens (including phenoxy) is 1. The van der Waals surface area contributed by atoms with Gasteiger partial charge in [0.15, 0.2) is 5.82 Å². The molecule has 1 fully saturated rings. The van der Waals surface area contributed by atoms with Gasteiger partial charge in [0.1, 0.15) is 12.3 Å². The molecular weight excluding hydrogens is 382 g/mol. The lowest BCUT2D eigenvalue weighted by Crippen LogP contribution is -2.45. The molecule has 30 heavy (non-hydrogen) atoms. The van der Waals surface area contributed by atoms with Gasteiger partial charge in [0, 0.05) is 44.0 Å². The van der Waals surface area contributed by atoms with Crippen molar-refractivity contribution in [2.75, 3.05) is 19.6 Å². The van der Waals surface area contributed by atoms with E-state index in [0.717, 1.165) is 42.9 Å². The van der Waals surface area contributed by atoms with Gasteiger partial charge < -0.3 is 14.6 Å². The van der Waals surface area contributed by atoms with Crippen LogP contribution in [-0.4, -0.2) is 45.6 Å². The molecule has 1 atom stereocenters. The Hall–Kier alpha value is -3.10. The Bertz CT molecular complexity index is 1090. The van der Waals surface area contributed by atoms with Crippen LogP contribution in [0.15, 0.2) is 35.0 Å². The highest BCUT2D eigenvalue weighted by Gasteiger charge is 2.28. The van der Waals surface area contributed by atoms with Gasteiger partial charge in [0.25, 0.3) is 5.89 Å². The molecule has 0 saturated carbocycles. The molecule has 0 amide bonds. The van der Waals surface area contributed by atoms with Crippen molar-refractivity contribution < 1.29 is 14.1 Å². The van der Waals surface area contributed by atoms with E-state index in [1.54, 1.807) is 6.92 Å². The third-order valence-corrected chi connectivity index (χ3v) is 5.82. The molecule has 5 rings (SSSR count). The fraction of sp³-hybridized carbons (Fsp3) is 0.364. The van der Waals surface area contributed by atoms with Crippen LogP contribution in [0.2, 0.25) is 0 Å². The number of cyclic esters (lactones) is 1. The lowest BCUT2D eigenvalue weighted by molar-refractivity contribution is 0.0535. The number of nitrogens with zero attached hydrogens (tertiary/aromatic N) is 4. The molecule has 0 bridgehead atoms. The predicted molar refractivity (Wildman–Crippen MR) is 109 cm³/mol. The zero-order valence-electron chi connectivity index (χ0n) is 17.0. The standard InChI is InChI=1S/C22H23N5O3/c1-13-16(4-5-17-18(13)12-29-22(17)28)20-11-27(8-7-23-20)10-15-3-6-19(24-9-15)21-25-14(2)26-30-21/h3-6,9,20,23H,7-8,10-12H2,1-2H3/t20-/m0/s1. The summed E-state index contributed by atoms with van der Waals surface area (Å²) >= 11 is 0. The van der Waals surface area contributed by atoms with Gasteiger partial charge in [-0.2, -0.15) is 4.98 Å². The van der Waals surface area contributed by atoms with E-state index in [2.05, 4.69) is 44.4 Å². The smallest absolute Gasteiger partial charge is 0.338 e. The number of rotatable bonds is 4. The molecule has 8 heteroatoms. The summed E-state index contributed by atoms with van der Waals surface area (Å²) in [5, 5.41) is 7.43. The molecular formula is C22H23N5O3. The molecule has 0 radical (unpaired) electrons. The van der Waals surface area contributed by atoms with Crippen LogP contribution in [0.5, 0.6) is 0 Å². The van der Waals surface area contributed by atoms with Crippen molar-refractivity contribution in [1.82, 2.24) is 25.3 Å². The second kappa shape index (κ2) is 7.62. The first kappa shape index (κ1) is 18.9.